The third-order valence-electron chi connectivity index (χ3n) is 3.30. The van der Waals surface area contributed by atoms with E-state index >= 15 is 0 Å². The Balaban J connectivity index is 2.15. The van der Waals surface area contributed by atoms with E-state index in [1.54, 1.807) is 6.07 Å². The van der Waals surface area contributed by atoms with Crippen LogP contribution in [0.15, 0.2) is 12.1 Å². The molecule has 0 N–H and O–H groups in total. The molecule has 1 fully saturated rings. The van der Waals surface area contributed by atoms with Crippen LogP contribution >= 0.6 is 0 Å². The molecule has 1 aliphatic rings. The van der Waals surface area contributed by atoms with E-state index < -0.39 is 0 Å². The van der Waals surface area contributed by atoms with Crippen molar-refractivity contribution in [1.82, 2.24) is 0 Å². The number of rotatable bonds is 2. The van der Waals surface area contributed by atoms with Crippen LogP contribution < -0.4 is 4.74 Å². The molecule has 2 unspecified atom stereocenters. The van der Waals surface area contributed by atoms with Gasteiger partial charge in [0.25, 0.3) is 0 Å². The topological polar surface area (TPSA) is 9.23 Å². The van der Waals surface area contributed by atoms with E-state index in [1.165, 1.54) is 6.42 Å². The largest absolute Gasteiger partial charge is 0.487 e. The van der Waals surface area contributed by atoms with Crippen molar-refractivity contribution in [2.45, 2.75) is 46.1 Å². The molecule has 1 saturated carbocycles. The molecule has 0 radical (unpaired) electrons. The van der Waals surface area contributed by atoms with Gasteiger partial charge in [-0.3, -0.25) is 0 Å². The summed E-state index contributed by atoms with van der Waals surface area (Å²) in [6, 6.07) is 3.51. The minimum atomic E-state index is -0.225. The van der Waals surface area contributed by atoms with Crippen LogP contribution in [0.2, 0.25) is 0 Å². The molecular weight excluding hydrogens is 203 g/mol. The number of halogens is 1. The maximum atomic E-state index is 13.7. The lowest BCUT2D eigenvalue weighted by atomic mass is 10.1. The summed E-state index contributed by atoms with van der Waals surface area (Å²) in [7, 11) is 0. The van der Waals surface area contributed by atoms with Gasteiger partial charge in [0.05, 0.1) is 6.10 Å². The lowest BCUT2D eigenvalue weighted by molar-refractivity contribution is 0.195. The highest BCUT2D eigenvalue weighted by atomic mass is 19.1. The van der Waals surface area contributed by atoms with Gasteiger partial charge in [0.1, 0.15) is 0 Å². The fourth-order valence-electron chi connectivity index (χ4n) is 2.48. The lowest BCUT2D eigenvalue weighted by Crippen LogP contribution is -2.13. The van der Waals surface area contributed by atoms with E-state index in [9.17, 15) is 4.39 Å². The molecule has 2 heteroatoms. The predicted octanol–water partition coefficient (Wildman–Crippen LogP) is 4.01. The minimum Gasteiger partial charge on any atom is -0.487 e. The Morgan fingerprint density at radius 2 is 2.00 bits per heavy atom. The van der Waals surface area contributed by atoms with Crippen LogP contribution in [0.1, 0.15) is 37.3 Å². The Labute approximate surface area is 96.6 Å². The number of hydrogen-bond donors (Lipinski definition) is 0. The highest BCUT2D eigenvalue weighted by molar-refractivity contribution is 5.37. The normalized spacial score (nSPS) is 24.8. The molecule has 0 saturated heterocycles. The maximum Gasteiger partial charge on any atom is 0.165 e. The SMILES string of the molecule is Cc1cc(C)c(OC2CCC(C)C2)c(F)c1. The Bertz CT molecular complexity index is 363. The molecule has 2 atom stereocenters. The van der Waals surface area contributed by atoms with Crippen LogP contribution in [0.3, 0.4) is 0 Å². The first-order valence-corrected chi connectivity index (χ1v) is 5.99. The summed E-state index contributed by atoms with van der Waals surface area (Å²) < 4.78 is 19.5. The van der Waals surface area contributed by atoms with Crippen molar-refractivity contribution in [3.63, 3.8) is 0 Å². The van der Waals surface area contributed by atoms with Gasteiger partial charge in [0.2, 0.25) is 0 Å². The summed E-state index contributed by atoms with van der Waals surface area (Å²) in [6.07, 6.45) is 3.49. The molecule has 1 aromatic carbocycles. The molecule has 88 valence electrons. The molecule has 0 spiro atoms. The van der Waals surface area contributed by atoms with Crippen molar-refractivity contribution >= 4 is 0 Å². The average molecular weight is 222 g/mol. The smallest absolute Gasteiger partial charge is 0.165 e. The first-order chi connectivity index (χ1) is 7.56. The second kappa shape index (κ2) is 4.44. The van der Waals surface area contributed by atoms with Gasteiger partial charge in [-0.15, -0.1) is 0 Å². The van der Waals surface area contributed by atoms with E-state index in [4.69, 9.17) is 4.74 Å². The Hall–Kier alpha value is -1.05. The predicted molar refractivity (Wildman–Crippen MR) is 63.3 cm³/mol. The van der Waals surface area contributed by atoms with Gasteiger partial charge < -0.3 is 4.74 Å². The molecule has 1 nitrogen and oxygen atoms in total. The molecule has 16 heavy (non-hydrogen) atoms. The van der Waals surface area contributed by atoms with Gasteiger partial charge in [0, 0.05) is 0 Å². The van der Waals surface area contributed by atoms with Crippen LogP contribution in [-0.2, 0) is 0 Å². The Morgan fingerprint density at radius 3 is 2.56 bits per heavy atom. The molecule has 0 amide bonds. The Morgan fingerprint density at radius 1 is 1.25 bits per heavy atom. The summed E-state index contributed by atoms with van der Waals surface area (Å²) in [5, 5.41) is 0. The Kier molecular flexibility index (Phi) is 3.17. The first kappa shape index (κ1) is 11.4. The van der Waals surface area contributed by atoms with Gasteiger partial charge >= 0.3 is 0 Å². The summed E-state index contributed by atoms with van der Waals surface area (Å²) in [4.78, 5) is 0. The van der Waals surface area contributed by atoms with Gasteiger partial charge in [-0.25, -0.2) is 4.39 Å². The minimum absolute atomic E-state index is 0.200. The quantitative estimate of drug-likeness (QED) is 0.734. The van der Waals surface area contributed by atoms with Crippen molar-refractivity contribution in [2.75, 3.05) is 0 Å². The van der Waals surface area contributed by atoms with E-state index in [-0.39, 0.29) is 11.9 Å². The fourth-order valence-corrected chi connectivity index (χ4v) is 2.48. The number of benzene rings is 1. The van der Waals surface area contributed by atoms with Crippen molar-refractivity contribution < 1.29 is 9.13 Å². The summed E-state index contributed by atoms with van der Waals surface area (Å²) in [5.41, 5.74) is 1.85. The van der Waals surface area contributed by atoms with E-state index in [1.807, 2.05) is 19.9 Å². The molecule has 0 aliphatic heterocycles. The van der Waals surface area contributed by atoms with Crippen molar-refractivity contribution in [1.29, 1.82) is 0 Å². The number of aryl methyl sites for hydroxylation is 2. The van der Waals surface area contributed by atoms with Crippen molar-refractivity contribution in [2.24, 2.45) is 5.92 Å². The highest BCUT2D eigenvalue weighted by Crippen LogP contribution is 2.31. The molecule has 0 heterocycles. The zero-order valence-corrected chi connectivity index (χ0v) is 10.2. The lowest BCUT2D eigenvalue weighted by Gasteiger charge is -2.16. The summed E-state index contributed by atoms with van der Waals surface area (Å²) >= 11 is 0. The second-order valence-corrected chi connectivity index (χ2v) is 5.05. The average Bonchev–Trinajstić information content (AvgIpc) is 2.58. The molecule has 1 aromatic rings. The van der Waals surface area contributed by atoms with E-state index in [0.717, 1.165) is 24.0 Å². The van der Waals surface area contributed by atoms with Crippen LogP contribution in [0.5, 0.6) is 5.75 Å². The van der Waals surface area contributed by atoms with E-state index in [2.05, 4.69) is 6.92 Å². The molecule has 0 bridgehead atoms. The fraction of sp³-hybridized carbons (Fsp3) is 0.571. The highest BCUT2D eigenvalue weighted by Gasteiger charge is 2.24. The van der Waals surface area contributed by atoms with Crippen molar-refractivity contribution in [3.8, 4) is 5.75 Å². The van der Waals surface area contributed by atoms with E-state index in [0.29, 0.717) is 11.7 Å². The van der Waals surface area contributed by atoms with Crippen LogP contribution in [0.4, 0.5) is 4.39 Å². The molecule has 1 aliphatic carbocycles. The number of ether oxygens (including phenoxy) is 1. The monoisotopic (exact) mass is 222 g/mol. The van der Waals surface area contributed by atoms with Gasteiger partial charge in [-0.2, -0.15) is 0 Å². The standard InChI is InChI=1S/C14H19FO/c1-9-4-5-12(7-9)16-14-11(3)6-10(2)8-13(14)15/h6,8-9,12H,4-5,7H2,1-3H3. The molecular formula is C14H19FO. The zero-order chi connectivity index (χ0) is 11.7. The van der Waals surface area contributed by atoms with Crippen LogP contribution in [0, 0.1) is 25.6 Å². The van der Waals surface area contributed by atoms with Gasteiger partial charge in [0.15, 0.2) is 11.6 Å². The summed E-state index contributed by atoms with van der Waals surface area (Å²) in [5.74, 6) is 0.931. The maximum absolute atomic E-state index is 13.7. The van der Waals surface area contributed by atoms with Crippen LogP contribution in [0.25, 0.3) is 0 Å². The van der Waals surface area contributed by atoms with Gasteiger partial charge in [-0.1, -0.05) is 13.0 Å². The second-order valence-electron chi connectivity index (χ2n) is 5.05. The molecule has 0 aromatic heterocycles. The summed E-state index contributed by atoms with van der Waals surface area (Å²) in [6.45, 7) is 6.03. The molecule has 2 rings (SSSR count). The van der Waals surface area contributed by atoms with Crippen LogP contribution in [-0.4, -0.2) is 6.10 Å². The third-order valence-corrected chi connectivity index (χ3v) is 3.30. The van der Waals surface area contributed by atoms with Gasteiger partial charge in [-0.05, 0) is 56.2 Å². The first-order valence-electron chi connectivity index (χ1n) is 5.99. The zero-order valence-electron chi connectivity index (χ0n) is 10.2. The van der Waals surface area contributed by atoms with Crippen molar-refractivity contribution in [3.05, 3.63) is 29.1 Å². The third kappa shape index (κ3) is 2.37. The number of hydrogen-bond acceptors (Lipinski definition) is 1.